The van der Waals surface area contributed by atoms with Crippen molar-refractivity contribution in [2.45, 2.75) is 78.4 Å². The smallest absolute Gasteiger partial charge is 0.291 e. The number of likely N-dealkylation sites (N-methyl/N-ethyl adjacent to an activating group) is 1. The number of rotatable bonds is 9. The molecule has 1 aliphatic heterocycles. The summed E-state index contributed by atoms with van der Waals surface area (Å²) in [6.45, 7) is 10.3. The molecule has 41 heavy (non-hydrogen) atoms. The van der Waals surface area contributed by atoms with Gasteiger partial charge in [-0.25, -0.2) is 0 Å². The number of hydrogen-bond donors (Lipinski definition) is 2. The maximum Gasteiger partial charge on any atom is 0.291 e. The molecule has 10 nitrogen and oxygen atoms in total. The largest absolute Gasteiger partial charge is 0.344 e. The minimum absolute atomic E-state index is 0.0485. The van der Waals surface area contributed by atoms with Gasteiger partial charge in [0.05, 0.1) is 0 Å². The van der Waals surface area contributed by atoms with Crippen molar-refractivity contribution in [1.82, 2.24) is 25.4 Å². The van der Waals surface area contributed by atoms with Crippen LogP contribution in [0.1, 0.15) is 59.6 Å². The number of pyridine rings is 1. The van der Waals surface area contributed by atoms with E-state index in [1.54, 1.807) is 29.3 Å². The number of nitrogens with one attached hydrogen (secondary N) is 2. The average Bonchev–Trinajstić information content (AvgIpc) is 3.16. The van der Waals surface area contributed by atoms with Gasteiger partial charge in [0.15, 0.2) is 0 Å². The molecule has 1 saturated heterocycles. The van der Waals surface area contributed by atoms with Crippen LogP contribution >= 0.6 is 0 Å². The lowest BCUT2D eigenvalue weighted by atomic mass is 9.44. The zero-order valence-corrected chi connectivity index (χ0v) is 25.2. The van der Waals surface area contributed by atoms with Gasteiger partial charge in [-0.3, -0.25) is 29.0 Å². The summed E-state index contributed by atoms with van der Waals surface area (Å²) in [4.78, 5) is 74.3. The van der Waals surface area contributed by atoms with Crippen molar-refractivity contribution in [2.24, 2.45) is 34.0 Å². The van der Waals surface area contributed by atoms with E-state index in [1.807, 2.05) is 20.8 Å². The first kappa shape index (κ1) is 29.2. The summed E-state index contributed by atoms with van der Waals surface area (Å²) in [6.07, 6.45) is 4.29. The Labute approximate surface area is 242 Å². The number of nitrogens with zero attached hydrogens (tertiary/aromatic N) is 3. The molecule has 222 valence electrons. The Bertz CT molecular complexity index is 1250. The van der Waals surface area contributed by atoms with Crippen LogP contribution in [0.3, 0.4) is 0 Å². The second kappa shape index (κ2) is 9.91. The van der Waals surface area contributed by atoms with Gasteiger partial charge < -0.3 is 20.4 Å². The van der Waals surface area contributed by atoms with Gasteiger partial charge in [-0.05, 0) is 60.0 Å². The molecule has 0 spiro atoms. The van der Waals surface area contributed by atoms with Crippen molar-refractivity contribution in [3.05, 3.63) is 30.1 Å². The van der Waals surface area contributed by atoms with Gasteiger partial charge in [-0.2, -0.15) is 0 Å². The Hall–Kier alpha value is -3.30. The normalized spacial score (nSPS) is 30.1. The molecule has 4 aliphatic carbocycles. The SMILES string of the molecule is CN(C)C(=O)C(=O)[C@H](Cc1ccccn1)NC(=O)[C@@H]1[C@@H]2[C@H](CN1C(=O)[C@@H](NC(=O)C13CC(C1)C3)C(C)(C)C)C2(C)C. The van der Waals surface area contributed by atoms with Crippen molar-refractivity contribution in [2.75, 3.05) is 20.6 Å². The summed E-state index contributed by atoms with van der Waals surface area (Å²) in [5, 5.41) is 5.90. The fourth-order valence-electron chi connectivity index (χ4n) is 7.23. The van der Waals surface area contributed by atoms with E-state index in [1.165, 1.54) is 19.0 Å². The van der Waals surface area contributed by atoms with Crippen molar-refractivity contribution in [3.63, 3.8) is 0 Å². The van der Waals surface area contributed by atoms with E-state index >= 15 is 0 Å². The van der Waals surface area contributed by atoms with Gasteiger partial charge in [0.1, 0.15) is 18.1 Å². The van der Waals surface area contributed by atoms with E-state index in [4.69, 9.17) is 0 Å². The second-order valence-corrected chi connectivity index (χ2v) is 14.6. The van der Waals surface area contributed by atoms with Gasteiger partial charge in [0.2, 0.25) is 23.5 Å². The minimum atomic E-state index is -1.13. The van der Waals surface area contributed by atoms with Gasteiger partial charge in [-0.15, -0.1) is 0 Å². The number of hydrogen-bond acceptors (Lipinski definition) is 6. The van der Waals surface area contributed by atoms with Crippen LogP contribution in [0.4, 0.5) is 0 Å². The van der Waals surface area contributed by atoms with Crippen LogP contribution in [0.15, 0.2) is 24.4 Å². The molecule has 2 N–H and O–H groups in total. The highest BCUT2D eigenvalue weighted by Gasteiger charge is 2.70. The Morgan fingerprint density at radius 1 is 1.07 bits per heavy atom. The van der Waals surface area contributed by atoms with Crippen LogP contribution in [0.5, 0.6) is 0 Å². The van der Waals surface area contributed by atoms with Crippen LogP contribution in [-0.4, -0.2) is 83.0 Å². The molecule has 0 unspecified atom stereocenters. The molecule has 2 heterocycles. The maximum atomic E-state index is 14.2. The van der Waals surface area contributed by atoms with Crippen LogP contribution in [0.2, 0.25) is 0 Å². The van der Waals surface area contributed by atoms with E-state index in [2.05, 4.69) is 29.5 Å². The number of Topliss-reactive ketones (excluding diaryl/α,β-unsaturated/α-hetero) is 1. The standard InChI is InChI=1S/C31H43N5O5/c1-29(2,3)24(34-28(41)31-13-17(14-31)15-31)27(40)36-16-19-21(30(19,4)5)22(36)25(38)33-20(23(37)26(39)35(6)7)12-18-10-8-9-11-32-18/h8-11,17,19-22,24H,12-16H2,1-7H3,(H,33,38)(H,34,41)/t17?,19-,20-,21-,22-,24+,31?/m0/s1. The number of ketones is 1. The molecule has 0 aromatic carbocycles. The number of fused-ring (bicyclic) bond motifs is 1. The van der Waals surface area contributed by atoms with Crippen molar-refractivity contribution < 1.29 is 24.0 Å². The second-order valence-electron chi connectivity index (χ2n) is 14.6. The Kier molecular flexibility index (Phi) is 7.06. The number of carbonyl (C=O) groups excluding carboxylic acids is 5. The molecule has 6 rings (SSSR count). The number of aromatic nitrogens is 1. The Balaban J connectivity index is 1.38. The fraction of sp³-hybridized carbons (Fsp3) is 0.677. The molecular formula is C31H43N5O5. The number of piperidine rings is 1. The van der Waals surface area contributed by atoms with E-state index < -0.39 is 41.1 Å². The van der Waals surface area contributed by atoms with Crippen LogP contribution in [-0.2, 0) is 30.4 Å². The fourth-order valence-corrected chi connectivity index (χ4v) is 7.23. The van der Waals surface area contributed by atoms with Crippen LogP contribution in [0.25, 0.3) is 0 Å². The van der Waals surface area contributed by atoms with Crippen molar-refractivity contribution in [1.29, 1.82) is 0 Å². The highest BCUT2D eigenvalue weighted by Crippen LogP contribution is 2.65. The Morgan fingerprint density at radius 2 is 1.73 bits per heavy atom. The molecule has 1 aromatic rings. The maximum absolute atomic E-state index is 14.2. The molecule has 2 bridgehead atoms. The summed E-state index contributed by atoms with van der Waals surface area (Å²) in [5.74, 6) is -1.60. The molecule has 10 heteroatoms. The highest BCUT2D eigenvalue weighted by molar-refractivity contribution is 6.38. The van der Waals surface area contributed by atoms with E-state index in [9.17, 15) is 24.0 Å². The molecule has 5 atom stereocenters. The zero-order valence-electron chi connectivity index (χ0n) is 25.2. The van der Waals surface area contributed by atoms with Crippen LogP contribution < -0.4 is 10.6 Å². The average molecular weight is 566 g/mol. The summed E-state index contributed by atoms with van der Waals surface area (Å²) >= 11 is 0. The first-order valence-corrected chi connectivity index (χ1v) is 14.6. The molecular weight excluding hydrogens is 522 g/mol. The van der Waals surface area contributed by atoms with Gasteiger partial charge >= 0.3 is 0 Å². The third-order valence-electron chi connectivity index (χ3n) is 10.1. The summed E-state index contributed by atoms with van der Waals surface area (Å²) in [7, 11) is 2.98. The van der Waals surface area contributed by atoms with Gasteiger partial charge in [-0.1, -0.05) is 40.7 Å². The van der Waals surface area contributed by atoms with E-state index in [0.29, 0.717) is 18.2 Å². The van der Waals surface area contributed by atoms with Gasteiger partial charge in [0.25, 0.3) is 5.91 Å². The van der Waals surface area contributed by atoms with Gasteiger partial charge in [0, 0.05) is 44.4 Å². The topological polar surface area (TPSA) is 129 Å². The number of likely N-dealkylation sites (tertiary alicyclic amines) is 1. The first-order valence-electron chi connectivity index (χ1n) is 14.6. The predicted octanol–water partition coefficient (Wildman–Crippen LogP) is 1.58. The molecule has 4 amide bonds. The monoisotopic (exact) mass is 565 g/mol. The predicted molar refractivity (Wildman–Crippen MR) is 151 cm³/mol. The first-order chi connectivity index (χ1) is 19.1. The Morgan fingerprint density at radius 3 is 2.24 bits per heavy atom. The minimum Gasteiger partial charge on any atom is -0.344 e. The van der Waals surface area contributed by atoms with E-state index in [0.717, 1.165) is 19.3 Å². The van der Waals surface area contributed by atoms with Crippen molar-refractivity contribution >= 4 is 29.4 Å². The molecule has 5 aliphatic rings. The lowest BCUT2D eigenvalue weighted by Crippen LogP contribution is -2.66. The van der Waals surface area contributed by atoms with E-state index in [-0.39, 0.29) is 40.9 Å². The third kappa shape index (κ3) is 5.03. The number of amides is 4. The third-order valence-corrected chi connectivity index (χ3v) is 10.1. The lowest BCUT2D eigenvalue weighted by molar-refractivity contribution is -0.168. The molecule has 4 saturated carbocycles. The summed E-state index contributed by atoms with van der Waals surface area (Å²) < 4.78 is 0. The number of carbonyl (C=O) groups is 5. The summed E-state index contributed by atoms with van der Waals surface area (Å²) in [6, 6.07) is 2.53. The molecule has 1 aromatic heterocycles. The van der Waals surface area contributed by atoms with Crippen molar-refractivity contribution in [3.8, 4) is 0 Å². The lowest BCUT2D eigenvalue weighted by Gasteiger charge is -2.60. The highest BCUT2D eigenvalue weighted by atomic mass is 16.2. The molecule has 0 radical (unpaired) electrons. The summed E-state index contributed by atoms with van der Waals surface area (Å²) in [5.41, 5.74) is -0.496. The molecule has 5 fully saturated rings. The zero-order chi connectivity index (χ0) is 30.1. The quantitative estimate of drug-likeness (QED) is 0.438. The van der Waals surface area contributed by atoms with Crippen LogP contribution in [0, 0.1) is 34.0 Å².